The van der Waals surface area contributed by atoms with Gasteiger partial charge in [0.2, 0.25) is 0 Å². The Balaban J connectivity index is 1.95. The average molecular weight is 264 g/mol. The Kier molecular flexibility index (Phi) is 4.99. The van der Waals surface area contributed by atoms with Crippen LogP contribution in [0.2, 0.25) is 0 Å². The maximum Gasteiger partial charge on any atom is 0.109 e. The van der Waals surface area contributed by atoms with Gasteiger partial charge in [-0.1, -0.05) is 20.8 Å². The zero-order valence-electron chi connectivity index (χ0n) is 12.8. The normalized spacial score (nSPS) is 25.1. The van der Waals surface area contributed by atoms with Crippen LogP contribution >= 0.6 is 0 Å². The Labute approximate surface area is 117 Å². The zero-order chi connectivity index (χ0) is 13.8. The van der Waals surface area contributed by atoms with Gasteiger partial charge in [-0.15, -0.1) is 0 Å². The highest BCUT2D eigenvalue weighted by atomic mass is 15.2. The molecule has 2 unspecified atom stereocenters. The van der Waals surface area contributed by atoms with Gasteiger partial charge in [-0.25, -0.2) is 4.98 Å². The summed E-state index contributed by atoms with van der Waals surface area (Å²) < 4.78 is 2.13. The summed E-state index contributed by atoms with van der Waals surface area (Å²) in [6.45, 7) is 10.3. The average Bonchev–Trinajstić information content (AvgIpc) is 2.81. The van der Waals surface area contributed by atoms with Gasteiger partial charge in [0.15, 0.2) is 0 Å². The number of imidazole rings is 1. The molecule has 0 bridgehead atoms. The Morgan fingerprint density at radius 3 is 2.84 bits per heavy atom. The number of piperazine rings is 1. The molecule has 1 fully saturated rings. The maximum atomic E-state index is 4.43. The molecule has 1 N–H and O–H groups in total. The molecule has 108 valence electrons. The number of aryl methyl sites for hydroxylation is 1. The van der Waals surface area contributed by atoms with Crippen LogP contribution in [0.25, 0.3) is 0 Å². The monoisotopic (exact) mass is 264 g/mol. The van der Waals surface area contributed by atoms with Crippen molar-refractivity contribution in [2.24, 2.45) is 13.0 Å². The summed E-state index contributed by atoms with van der Waals surface area (Å²) in [5, 5.41) is 3.67. The smallest absolute Gasteiger partial charge is 0.109 e. The van der Waals surface area contributed by atoms with Gasteiger partial charge in [0.25, 0.3) is 0 Å². The first-order chi connectivity index (χ1) is 9.11. The summed E-state index contributed by atoms with van der Waals surface area (Å²) in [4.78, 5) is 7.09. The van der Waals surface area contributed by atoms with Crippen molar-refractivity contribution < 1.29 is 0 Å². The summed E-state index contributed by atoms with van der Waals surface area (Å²) in [7, 11) is 2.08. The fraction of sp³-hybridized carbons (Fsp3) is 0.800. The van der Waals surface area contributed by atoms with E-state index in [1.807, 2.05) is 12.4 Å². The number of rotatable bonds is 5. The molecule has 0 spiro atoms. The van der Waals surface area contributed by atoms with Crippen LogP contribution in [0.15, 0.2) is 12.4 Å². The van der Waals surface area contributed by atoms with Crippen molar-refractivity contribution in [3.8, 4) is 0 Å². The van der Waals surface area contributed by atoms with Gasteiger partial charge in [0.1, 0.15) is 5.82 Å². The van der Waals surface area contributed by atoms with E-state index in [9.17, 15) is 0 Å². The third-order valence-electron chi connectivity index (χ3n) is 4.35. The molecule has 0 saturated carbocycles. The van der Waals surface area contributed by atoms with Crippen LogP contribution in [0.3, 0.4) is 0 Å². The van der Waals surface area contributed by atoms with E-state index >= 15 is 0 Å². The predicted molar refractivity (Wildman–Crippen MR) is 79.2 cm³/mol. The van der Waals surface area contributed by atoms with Crippen LogP contribution in [-0.2, 0) is 13.5 Å². The fourth-order valence-electron chi connectivity index (χ4n) is 2.97. The Hall–Kier alpha value is -0.870. The van der Waals surface area contributed by atoms with Crippen LogP contribution in [-0.4, -0.2) is 46.2 Å². The van der Waals surface area contributed by atoms with Crippen LogP contribution in [0, 0.1) is 5.92 Å². The molecule has 1 aromatic heterocycles. The number of nitrogens with zero attached hydrogens (tertiary/aromatic N) is 3. The van der Waals surface area contributed by atoms with Crippen LogP contribution in [0.5, 0.6) is 0 Å². The van der Waals surface area contributed by atoms with E-state index < -0.39 is 0 Å². The fourth-order valence-corrected chi connectivity index (χ4v) is 2.97. The van der Waals surface area contributed by atoms with Crippen molar-refractivity contribution in [2.45, 2.75) is 45.7 Å². The molecule has 1 aliphatic heterocycles. The van der Waals surface area contributed by atoms with Gasteiger partial charge in [-0.3, -0.25) is 4.90 Å². The zero-order valence-corrected chi connectivity index (χ0v) is 12.8. The minimum Gasteiger partial charge on any atom is -0.338 e. The first-order valence-corrected chi connectivity index (χ1v) is 7.55. The molecule has 4 nitrogen and oxygen atoms in total. The van der Waals surface area contributed by atoms with E-state index in [1.165, 1.54) is 18.8 Å². The molecule has 2 heterocycles. The van der Waals surface area contributed by atoms with E-state index in [-0.39, 0.29) is 0 Å². The highest BCUT2D eigenvalue weighted by Crippen LogP contribution is 2.16. The quantitative estimate of drug-likeness (QED) is 0.878. The maximum absolute atomic E-state index is 4.43. The van der Waals surface area contributed by atoms with E-state index in [0.29, 0.717) is 18.0 Å². The van der Waals surface area contributed by atoms with Gasteiger partial charge in [0.05, 0.1) is 0 Å². The van der Waals surface area contributed by atoms with E-state index in [4.69, 9.17) is 0 Å². The van der Waals surface area contributed by atoms with E-state index in [2.05, 4.69) is 47.6 Å². The van der Waals surface area contributed by atoms with Crippen LogP contribution in [0.4, 0.5) is 0 Å². The molecule has 1 saturated heterocycles. The Morgan fingerprint density at radius 1 is 1.47 bits per heavy atom. The minimum absolute atomic E-state index is 0.649. The van der Waals surface area contributed by atoms with E-state index in [1.54, 1.807) is 0 Å². The van der Waals surface area contributed by atoms with Crippen molar-refractivity contribution in [2.75, 3.05) is 19.6 Å². The lowest BCUT2D eigenvalue weighted by Gasteiger charge is -2.42. The van der Waals surface area contributed by atoms with Crippen molar-refractivity contribution in [3.05, 3.63) is 18.2 Å². The van der Waals surface area contributed by atoms with Gasteiger partial charge in [-0.05, 0) is 12.3 Å². The van der Waals surface area contributed by atoms with Gasteiger partial charge in [0, 0.05) is 57.6 Å². The SMILES string of the molecule is CCC1CN(CCc2nccn2C)C(C(C)C)CN1. The summed E-state index contributed by atoms with van der Waals surface area (Å²) in [5.74, 6) is 1.89. The Morgan fingerprint density at radius 2 is 2.26 bits per heavy atom. The lowest BCUT2D eigenvalue weighted by Crippen LogP contribution is -2.58. The second kappa shape index (κ2) is 6.53. The highest BCUT2D eigenvalue weighted by Gasteiger charge is 2.28. The Bertz CT molecular complexity index is 385. The molecule has 1 aliphatic rings. The number of hydrogen-bond donors (Lipinski definition) is 1. The number of hydrogen-bond acceptors (Lipinski definition) is 3. The number of nitrogens with one attached hydrogen (secondary N) is 1. The third-order valence-corrected chi connectivity index (χ3v) is 4.35. The molecule has 0 aliphatic carbocycles. The second-order valence-corrected chi connectivity index (χ2v) is 6.02. The first kappa shape index (κ1) is 14.5. The molecule has 0 radical (unpaired) electrons. The largest absolute Gasteiger partial charge is 0.338 e. The molecule has 1 aromatic rings. The molecule has 0 aromatic carbocycles. The number of aromatic nitrogens is 2. The molecular weight excluding hydrogens is 236 g/mol. The van der Waals surface area contributed by atoms with Crippen molar-refractivity contribution in [1.29, 1.82) is 0 Å². The summed E-state index contributed by atoms with van der Waals surface area (Å²) >= 11 is 0. The summed E-state index contributed by atoms with van der Waals surface area (Å²) in [5.41, 5.74) is 0. The van der Waals surface area contributed by atoms with E-state index in [0.717, 1.165) is 19.5 Å². The highest BCUT2D eigenvalue weighted by molar-refractivity contribution is 4.94. The van der Waals surface area contributed by atoms with Gasteiger partial charge >= 0.3 is 0 Å². The molecule has 19 heavy (non-hydrogen) atoms. The molecule has 4 heteroatoms. The summed E-state index contributed by atoms with van der Waals surface area (Å²) in [6, 6.07) is 1.31. The van der Waals surface area contributed by atoms with Crippen molar-refractivity contribution in [3.63, 3.8) is 0 Å². The molecular formula is C15H28N4. The molecule has 0 amide bonds. The topological polar surface area (TPSA) is 33.1 Å². The first-order valence-electron chi connectivity index (χ1n) is 7.55. The second-order valence-electron chi connectivity index (χ2n) is 6.02. The predicted octanol–water partition coefficient (Wildman–Crippen LogP) is 1.67. The van der Waals surface area contributed by atoms with Crippen LogP contribution in [0.1, 0.15) is 33.0 Å². The molecule has 2 atom stereocenters. The lowest BCUT2D eigenvalue weighted by atomic mass is 9.97. The lowest BCUT2D eigenvalue weighted by molar-refractivity contribution is 0.0977. The third kappa shape index (κ3) is 3.57. The van der Waals surface area contributed by atoms with Crippen molar-refractivity contribution >= 4 is 0 Å². The van der Waals surface area contributed by atoms with Crippen LogP contribution < -0.4 is 5.32 Å². The van der Waals surface area contributed by atoms with Crippen molar-refractivity contribution in [1.82, 2.24) is 19.8 Å². The standard InChI is InChI=1S/C15H28N4/c1-5-13-11-19(14(10-17-13)12(2)3)8-6-15-16-7-9-18(15)4/h7,9,12-14,17H,5-6,8,10-11H2,1-4H3. The minimum atomic E-state index is 0.649. The molecule has 2 rings (SSSR count). The van der Waals surface area contributed by atoms with Gasteiger partial charge in [-0.2, -0.15) is 0 Å². The van der Waals surface area contributed by atoms with Gasteiger partial charge < -0.3 is 9.88 Å². The summed E-state index contributed by atoms with van der Waals surface area (Å²) in [6.07, 6.45) is 6.18.